The van der Waals surface area contributed by atoms with Crippen LogP contribution in [0.5, 0.6) is 11.8 Å². The van der Waals surface area contributed by atoms with Crippen LogP contribution >= 0.6 is 23.1 Å². The maximum Gasteiger partial charge on any atom is 0.205 e. The number of rotatable bonds is 2. The Labute approximate surface area is 111 Å². The van der Waals surface area contributed by atoms with E-state index in [1.54, 1.807) is 11.3 Å². The van der Waals surface area contributed by atoms with E-state index in [4.69, 9.17) is 0 Å². The minimum absolute atomic E-state index is 0.0343. The molecule has 2 aromatic heterocycles. The molecule has 0 aliphatic rings. The van der Waals surface area contributed by atoms with Crippen molar-refractivity contribution in [1.82, 2.24) is 9.97 Å². The molecule has 0 saturated carbocycles. The molecule has 3 aromatic rings. The van der Waals surface area contributed by atoms with Crippen molar-refractivity contribution in [3.63, 3.8) is 0 Å². The maximum absolute atomic E-state index is 9.55. The molecule has 18 heavy (non-hydrogen) atoms. The van der Waals surface area contributed by atoms with Crippen LogP contribution in [-0.2, 0) is 0 Å². The fraction of sp³-hybridized carbons (Fsp3) is 0.0833. The summed E-state index contributed by atoms with van der Waals surface area (Å²) in [5.41, 5.74) is 2.13. The van der Waals surface area contributed by atoms with E-state index in [2.05, 4.69) is 16.0 Å². The first-order chi connectivity index (χ1) is 8.61. The third-order valence-corrected chi connectivity index (χ3v) is 4.60. The van der Waals surface area contributed by atoms with Crippen molar-refractivity contribution < 1.29 is 10.2 Å². The lowest BCUT2D eigenvalue weighted by Gasteiger charge is -1.92. The quantitative estimate of drug-likeness (QED) is 0.671. The highest BCUT2D eigenvalue weighted by molar-refractivity contribution is 8.01. The van der Waals surface area contributed by atoms with Gasteiger partial charge in [0, 0.05) is 6.07 Å². The molecule has 1 aromatic carbocycles. The zero-order valence-corrected chi connectivity index (χ0v) is 11.1. The van der Waals surface area contributed by atoms with Crippen LogP contribution in [-0.4, -0.2) is 20.2 Å². The summed E-state index contributed by atoms with van der Waals surface area (Å²) in [5, 5.41) is 18.8. The first-order valence-corrected chi connectivity index (χ1v) is 6.91. The van der Waals surface area contributed by atoms with Crippen molar-refractivity contribution in [2.45, 2.75) is 16.2 Å². The predicted octanol–water partition coefficient (Wildman–Crippen LogP) is 3.50. The van der Waals surface area contributed by atoms with Crippen molar-refractivity contribution in [3.8, 4) is 11.8 Å². The van der Waals surface area contributed by atoms with E-state index >= 15 is 0 Å². The minimum Gasteiger partial charge on any atom is -0.494 e. The third kappa shape index (κ3) is 2.04. The molecule has 3 rings (SSSR count). The molecule has 0 aliphatic carbocycles. The first-order valence-electron chi connectivity index (χ1n) is 5.28. The number of nitrogens with zero attached hydrogens (tertiary/aromatic N) is 1. The summed E-state index contributed by atoms with van der Waals surface area (Å²) in [6.45, 7) is 2.03. The van der Waals surface area contributed by atoms with Gasteiger partial charge in [0.15, 0.2) is 10.2 Å². The first kappa shape index (κ1) is 11.4. The van der Waals surface area contributed by atoms with Crippen molar-refractivity contribution in [2.24, 2.45) is 0 Å². The second-order valence-electron chi connectivity index (χ2n) is 3.92. The molecule has 0 unspecified atom stereocenters. The second-order valence-corrected chi connectivity index (χ2v) is 6.24. The Balaban J connectivity index is 1.97. The van der Waals surface area contributed by atoms with Crippen LogP contribution < -0.4 is 0 Å². The fourth-order valence-electron chi connectivity index (χ4n) is 1.64. The Bertz CT molecular complexity index is 718. The van der Waals surface area contributed by atoms with Gasteiger partial charge in [-0.1, -0.05) is 17.8 Å². The molecule has 0 atom stereocenters. The van der Waals surface area contributed by atoms with Crippen molar-refractivity contribution in [2.75, 3.05) is 0 Å². The average molecular weight is 278 g/mol. The van der Waals surface area contributed by atoms with E-state index in [-0.39, 0.29) is 11.8 Å². The lowest BCUT2D eigenvalue weighted by Crippen LogP contribution is -1.72. The van der Waals surface area contributed by atoms with Crippen LogP contribution in [0.15, 0.2) is 33.5 Å². The Morgan fingerprint density at radius 2 is 2.11 bits per heavy atom. The number of aromatic nitrogens is 2. The van der Waals surface area contributed by atoms with E-state index in [9.17, 15) is 10.2 Å². The van der Waals surface area contributed by atoms with Crippen LogP contribution in [0.4, 0.5) is 0 Å². The van der Waals surface area contributed by atoms with Gasteiger partial charge in [0.25, 0.3) is 0 Å². The van der Waals surface area contributed by atoms with Gasteiger partial charge in [-0.15, -0.1) is 11.3 Å². The standard InChI is InChI=1S/C12H10N2O2S2/c1-6-2-3-8-7(4-6)13-12(17-8)18-9-5-10(15)14-11(9)16/h2-5,14-16H,1H3. The topological polar surface area (TPSA) is 69.1 Å². The summed E-state index contributed by atoms with van der Waals surface area (Å²) in [5.74, 6) is -0.0834. The van der Waals surface area contributed by atoms with Crippen molar-refractivity contribution >= 4 is 33.3 Å². The number of aromatic amines is 1. The molecule has 3 N–H and O–H groups in total. The molecule has 0 aliphatic heterocycles. The largest absolute Gasteiger partial charge is 0.494 e. The van der Waals surface area contributed by atoms with E-state index in [0.29, 0.717) is 4.90 Å². The Morgan fingerprint density at radius 1 is 1.28 bits per heavy atom. The van der Waals surface area contributed by atoms with E-state index < -0.39 is 0 Å². The molecular formula is C12H10N2O2S2. The molecule has 92 valence electrons. The van der Waals surface area contributed by atoms with Gasteiger partial charge in [-0.25, -0.2) is 4.98 Å². The van der Waals surface area contributed by atoms with Gasteiger partial charge in [-0.2, -0.15) is 0 Å². The van der Waals surface area contributed by atoms with E-state index in [1.165, 1.54) is 23.4 Å². The smallest absolute Gasteiger partial charge is 0.205 e. The zero-order valence-electron chi connectivity index (χ0n) is 9.47. The molecule has 6 heteroatoms. The van der Waals surface area contributed by atoms with Gasteiger partial charge in [-0.05, 0) is 24.6 Å². The van der Waals surface area contributed by atoms with Crippen LogP contribution in [0.2, 0.25) is 0 Å². The number of H-pyrrole nitrogens is 1. The lowest BCUT2D eigenvalue weighted by molar-refractivity contribution is 0.421. The minimum atomic E-state index is -0.0491. The molecule has 0 spiro atoms. The Morgan fingerprint density at radius 3 is 2.83 bits per heavy atom. The highest BCUT2D eigenvalue weighted by Crippen LogP contribution is 2.39. The van der Waals surface area contributed by atoms with Crippen LogP contribution in [0.25, 0.3) is 10.2 Å². The van der Waals surface area contributed by atoms with Crippen LogP contribution in [0, 0.1) is 6.92 Å². The van der Waals surface area contributed by atoms with E-state index in [1.807, 2.05) is 19.1 Å². The fourth-order valence-corrected chi connectivity index (χ4v) is 3.68. The Hall–Kier alpha value is -1.66. The van der Waals surface area contributed by atoms with Crippen LogP contribution in [0.1, 0.15) is 5.56 Å². The number of fused-ring (bicyclic) bond motifs is 1. The molecule has 0 bridgehead atoms. The lowest BCUT2D eigenvalue weighted by atomic mass is 10.2. The Kier molecular flexibility index (Phi) is 2.68. The number of nitrogens with one attached hydrogen (secondary N) is 1. The number of benzene rings is 1. The van der Waals surface area contributed by atoms with Crippen LogP contribution in [0.3, 0.4) is 0 Å². The predicted molar refractivity (Wildman–Crippen MR) is 72.6 cm³/mol. The van der Waals surface area contributed by atoms with Gasteiger partial charge in [0.05, 0.1) is 15.1 Å². The summed E-state index contributed by atoms with van der Waals surface area (Å²) in [4.78, 5) is 7.50. The summed E-state index contributed by atoms with van der Waals surface area (Å²) in [6, 6.07) is 7.61. The normalized spacial score (nSPS) is 11.2. The highest BCUT2D eigenvalue weighted by atomic mass is 32.2. The molecule has 0 saturated heterocycles. The molecule has 2 heterocycles. The molecule has 0 fully saturated rings. The van der Waals surface area contributed by atoms with Gasteiger partial charge < -0.3 is 10.2 Å². The number of hydrogen-bond acceptors (Lipinski definition) is 5. The monoisotopic (exact) mass is 278 g/mol. The molecular weight excluding hydrogens is 268 g/mol. The number of aromatic hydroxyl groups is 2. The number of aryl methyl sites for hydroxylation is 1. The third-order valence-electron chi connectivity index (χ3n) is 2.47. The molecule has 0 amide bonds. The van der Waals surface area contributed by atoms with Gasteiger partial charge in [0.2, 0.25) is 5.88 Å². The number of thiazole rings is 1. The van der Waals surface area contributed by atoms with Gasteiger partial charge >= 0.3 is 0 Å². The molecule has 4 nitrogen and oxygen atoms in total. The van der Waals surface area contributed by atoms with Gasteiger partial charge in [0.1, 0.15) is 0 Å². The summed E-state index contributed by atoms with van der Waals surface area (Å²) in [6.07, 6.45) is 0. The summed E-state index contributed by atoms with van der Waals surface area (Å²) >= 11 is 2.90. The van der Waals surface area contributed by atoms with Crippen molar-refractivity contribution in [1.29, 1.82) is 0 Å². The highest BCUT2D eigenvalue weighted by Gasteiger charge is 2.11. The number of hydrogen-bond donors (Lipinski definition) is 3. The summed E-state index contributed by atoms with van der Waals surface area (Å²) in [7, 11) is 0. The van der Waals surface area contributed by atoms with Gasteiger partial charge in [-0.3, -0.25) is 4.98 Å². The summed E-state index contributed by atoms with van der Waals surface area (Å²) < 4.78 is 1.95. The average Bonchev–Trinajstić information content (AvgIpc) is 2.82. The second kappa shape index (κ2) is 4.22. The van der Waals surface area contributed by atoms with E-state index in [0.717, 1.165) is 14.6 Å². The zero-order chi connectivity index (χ0) is 12.7. The van der Waals surface area contributed by atoms with Crippen molar-refractivity contribution in [3.05, 3.63) is 29.8 Å². The maximum atomic E-state index is 9.55. The molecule has 0 radical (unpaired) electrons. The SMILES string of the molecule is Cc1ccc2sc(Sc3cc(O)[nH]c3O)nc2c1.